The van der Waals surface area contributed by atoms with Gasteiger partial charge in [0.2, 0.25) is 18.3 Å². The van der Waals surface area contributed by atoms with Crippen LogP contribution in [0.5, 0.6) is 5.88 Å². The van der Waals surface area contributed by atoms with Crippen LogP contribution in [-0.2, 0) is 6.61 Å². The van der Waals surface area contributed by atoms with Crippen molar-refractivity contribution in [1.29, 1.82) is 0 Å². The van der Waals surface area contributed by atoms with E-state index < -0.39 is 6.43 Å². The summed E-state index contributed by atoms with van der Waals surface area (Å²) in [6, 6.07) is 11.4. The van der Waals surface area contributed by atoms with Crippen LogP contribution in [0.1, 0.15) is 17.7 Å². The molecule has 0 saturated carbocycles. The lowest BCUT2D eigenvalue weighted by atomic mass is 10.1. The number of anilines is 1. The Hall–Kier alpha value is -2.28. The molecule has 1 N–H and O–H groups in total. The van der Waals surface area contributed by atoms with Gasteiger partial charge in [-0.1, -0.05) is 30.3 Å². The van der Waals surface area contributed by atoms with Gasteiger partial charge in [0.15, 0.2) is 0 Å². The maximum absolute atomic E-state index is 12.6. The fraction of sp³-hybridized carbons (Fsp3) is 0.444. The quantitative estimate of drug-likeness (QED) is 0.870. The number of aryl methyl sites for hydroxylation is 1. The molecule has 7 heteroatoms. The van der Waals surface area contributed by atoms with Gasteiger partial charge in [0.25, 0.3) is 0 Å². The van der Waals surface area contributed by atoms with Gasteiger partial charge >= 0.3 is 0 Å². The first-order valence-corrected chi connectivity index (χ1v) is 8.39. The Kier molecular flexibility index (Phi) is 5.75. The molecule has 0 spiro atoms. The number of benzene rings is 1. The van der Waals surface area contributed by atoms with E-state index in [0.717, 1.165) is 11.3 Å². The van der Waals surface area contributed by atoms with Crippen molar-refractivity contribution in [3.05, 3.63) is 47.7 Å². The zero-order valence-corrected chi connectivity index (χ0v) is 14.2. The third-order valence-corrected chi connectivity index (χ3v) is 4.05. The van der Waals surface area contributed by atoms with Crippen LogP contribution in [0.3, 0.4) is 0 Å². The van der Waals surface area contributed by atoms with E-state index in [9.17, 15) is 8.78 Å². The topological polar surface area (TPSA) is 50.3 Å². The minimum Gasteiger partial charge on any atom is -0.473 e. The van der Waals surface area contributed by atoms with Gasteiger partial charge in [-0.15, -0.1) is 0 Å². The average Bonchev–Trinajstić information content (AvgIpc) is 2.60. The highest BCUT2D eigenvalue weighted by molar-refractivity contribution is 5.35. The second kappa shape index (κ2) is 8.20. The molecule has 1 saturated heterocycles. The van der Waals surface area contributed by atoms with E-state index in [1.165, 1.54) is 0 Å². The number of hydrogen-bond acceptors (Lipinski definition) is 5. The first-order valence-electron chi connectivity index (χ1n) is 8.39. The van der Waals surface area contributed by atoms with Crippen LogP contribution in [0, 0.1) is 6.92 Å². The monoisotopic (exact) mass is 348 g/mol. The number of alkyl halides is 2. The molecule has 1 aromatic heterocycles. The summed E-state index contributed by atoms with van der Waals surface area (Å²) in [7, 11) is 0. The lowest BCUT2D eigenvalue weighted by molar-refractivity contribution is 0.121. The number of hydrogen-bond donors (Lipinski definition) is 1. The van der Waals surface area contributed by atoms with Gasteiger partial charge < -0.3 is 15.0 Å². The van der Waals surface area contributed by atoms with Crippen molar-refractivity contribution in [3.63, 3.8) is 0 Å². The Morgan fingerprint density at radius 2 is 2.08 bits per heavy atom. The Morgan fingerprint density at radius 1 is 1.28 bits per heavy atom. The molecular weight excluding hydrogens is 326 g/mol. The van der Waals surface area contributed by atoms with Crippen LogP contribution >= 0.6 is 0 Å². The summed E-state index contributed by atoms with van der Waals surface area (Å²) in [5.74, 6) is 1.03. The number of rotatable bonds is 6. The van der Waals surface area contributed by atoms with Crippen LogP contribution in [0.25, 0.3) is 0 Å². The lowest BCUT2D eigenvalue weighted by Gasteiger charge is -2.33. The summed E-state index contributed by atoms with van der Waals surface area (Å²) in [5, 5.41) is 3.12. The molecule has 1 aliphatic rings. The fourth-order valence-corrected chi connectivity index (χ4v) is 2.85. The van der Waals surface area contributed by atoms with E-state index in [2.05, 4.69) is 15.3 Å². The fourth-order valence-electron chi connectivity index (χ4n) is 2.85. The maximum atomic E-state index is 12.6. The number of halogens is 2. The normalized spacial score (nSPS) is 17.8. The van der Waals surface area contributed by atoms with Crippen molar-refractivity contribution < 1.29 is 13.5 Å². The second-order valence-corrected chi connectivity index (χ2v) is 6.15. The molecule has 1 aromatic carbocycles. The summed E-state index contributed by atoms with van der Waals surface area (Å²) in [6.07, 6.45) is -2.49. The molecule has 134 valence electrons. The van der Waals surface area contributed by atoms with E-state index in [-0.39, 0.29) is 12.5 Å². The standard InChI is InChI=1S/C18H22F2N4O/c1-13-9-17(25-12-14-5-3-2-4-6-14)23-18(22-13)24-8-7-21-15(11-24)10-16(19)20/h2-6,9,15-16,21H,7-8,10-12H2,1H3. The first-order chi connectivity index (χ1) is 12.1. The van der Waals surface area contributed by atoms with E-state index >= 15 is 0 Å². The minimum absolute atomic E-state index is 0.167. The molecule has 5 nitrogen and oxygen atoms in total. The largest absolute Gasteiger partial charge is 0.473 e. The molecule has 2 aromatic rings. The molecule has 0 bridgehead atoms. The molecule has 3 rings (SSSR count). The van der Waals surface area contributed by atoms with Gasteiger partial charge in [0, 0.05) is 43.9 Å². The van der Waals surface area contributed by atoms with E-state index in [1.807, 2.05) is 42.2 Å². The predicted molar refractivity (Wildman–Crippen MR) is 92.2 cm³/mol. The van der Waals surface area contributed by atoms with E-state index in [4.69, 9.17) is 4.74 Å². The first kappa shape index (κ1) is 17.5. The van der Waals surface area contributed by atoms with Crippen molar-refractivity contribution in [2.24, 2.45) is 0 Å². The smallest absolute Gasteiger partial charge is 0.240 e. The Balaban J connectivity index is 1.68. The molecule has 1 unspecified atom stereocenters. The van der Waals surface area contributed by atoms with Gasteiger partial charge in [-0.05, 0) is 12.5 Å². The highest BCUT2D eigenvalue weighted by atomic mass is 19.3. The summed E-state index contributed by atoms with van der Waals surface area (Å²) in [5.41, 5.74) is 1.84. The molecule has 25 heavy (non-hydrogen) atoms. The van der Waals surface area contributed by atoms with Crippen LogP contribution in [0.4, 0.5) is 14.7 Å². The van der Waals surface area contributed by atoms with Crippen molar-refractivity contribution >= 4 is 5.95 Å². The predicted octanol–water partition coefficient (Wildman–Crippen LogP) is 2.80. The van der Waals surface area contributed by atoms with Crippen molar-refractivity contribution in [2.75, 3.05) is 24.5 Å². The van der Waals surface area contributed by atoms with Gasteiger partial charge in [0.05, 0.1) is 0 Å². The molecular formula is C18H22F2N4O. The van der Waals surface area contributed by atoms with Gasteiger partial charge in [0.1, 0.15) is 6.61 Å². The zero-order valence-electron chi connectivity index (χ0n) is 14.2. The average molecular weight is 348 g/mol. The molecule has 1 atom stereocenters. The Morgan fingerprint density at radius 3 is 2.84 bits per heavy atom. The van der Waals surface area contributed by atoms with Gasteiger partial charge in [-0.2, -0.15) is 4.98 Å². The maximum Gasteiger partial charge on any atom is 0.240 e. The lowest BCUT2D eigenvalue weighted by Crippen LogP contribution is -2.51. The van der Waals surface area contributed by atoms with E-state index in [1.54, 1.807) is 6.07 Å². The third kappa shape index (κ3) is 5.09. The number of ether oxygens (including phenoxy) is 1. The van der Waals surface area contributed by atoms with Gasteiger partial charge in [-0.3, -0.25) is 0 Å². The number of piperazine rings is 1. The number of nitrogens with one attached hydrogen (secondary N) is 1. The highest BCUT2D eigenvalue weighted by Gasteiger charge is 2.24. The molecule has 0 aliphatic carbocycles. The van der Waals surface area contributed by atoms with Crippen molar-refractivity contribution in [1.82, 2.24) is 15.3 Å². The number of aromatic nitrogens is 2. The summed E-state index contributed by atoms with van der Waals surface area (Å²) >= 11 is 0. The van der Waals surface area contributed by atoms with Crippen molar-refractivity contribution in [2.45, 2.75) is 32.4 Å². The number of nitrogens with zero attached hydrogens (tertiary/aromatic N) is 3. The van der Waals surface area contributed by atoms with Crippen LogP contribution < -0.4 is 15.0 Å². The second-order valence-electron chi connectivity index (χ2n) is 6.15. The van der Waals surface area contributed by atoms with Crippen LogP contribution in [0.15, 0.2) is 36.4 Å². The SMILES string of the molecule is Cc1cc(OCc2ccccc2)nc(N2CCNC(CC(F)F)C2)n1. The van der Waals surface area contributed by atoms with Crippen LogP contribution in [0.2, 0.25) is 0 Å². The molecule has 0 amide bonds. The third-order valence-electron chi connectivity index (χ3n) is 4.05. The Bertz CT molecular complexity index is 684. The van der Waals surface area contributed by atoms with Gasteiger partial charge in [-0.25, -0.2) is 13.8 Å². The molecule has 0 radical (unpaired) electrons. The summed E-state index contributed by atoms with van der Waals surface area (Å²) in [4.78, 5) is 10.8. The van der Waals surface area contributed by atoms with Crippen molar-refractivity contribution in [3.8, 4) is 5.88 Å². The summed E-state index contributed by atoms with van der Waals surface area (Å²) < 4.78 is 31.0. The zero-order chi connectivity index (χ0) is 17.6. The molecule has 1 aliphatic heterocycles. The van der Waals surface area contributed by atoms with E-state index in [0.29, 0.717) is 38.1 Å². The summed E-state index contributed by atoms with van der Waals surface area (Å²) in [6.45, 7) is 4.08. The molecule has 1 fully saturated rings. The minimum atomic E-state index is -2.32. The highest BCUT2D eigenvalue weighted by Crippen LogP contribution is 2.19. The molecule has 2 heterocycles. The Labute approximate surface area is 146 Å². The van der Waals surface area contributed by atoms with Crippen LogP contribution in [-0.4, -0.2) is 42.1 Å².